The lowest BCUT2D eigenvalue weighted by Gasteiger charge is -2.35. The van der Waals surface area contributed by atoms with Gasteiger partial charge in [0.05, 0.1) is 11.8 Å². The van der Waals surface area contributed by atoms with E-state index in [9.17, 15) is 14.7 Å². The second-order valence-corrected chi connectivity index (χ2v) is 6.02. The van der Waals surface area contributed by atoms with Crippen LogP contribution in [0.25, 0.3) is 0 Å². The van der Waals surface area contributed by atoms with Crippen LogP contribution in [0, 0.1) is 23.7 Å². The number of rotatable bonds is 2. The number of allylic oxidation sites excluding steroid dienone is 2. The number of hydrogen-bond donors (Lipinski definition) is 2. The first-order valence-electron chi connectivity index (χ1n) is 7.03. The van der Waals surface area contributed by atoms with E-state index >= 15 is 0 Å². The molecule has 2 aliphatic carbocycles. The third kappa shape index (κ3) is 2.06. The van der Waals surface area contributed by atoms with Crippen molar-refractivity contribution in [3.8, 4) is 0 Å². The first kappa shape index (κ1) is 12.7. The van der Waals surface area contributed by atoms with Crippen LogP contribution in [0.3, 0.4) is 0 Å². The van der Waals surface area contributed by atoms with Gasteiger partial charge in [0.1, 0.15) is 0 Å². The molecule has 3 rings (SSSR count). The van der Waals surface area contributed by atoms with Gasteiger partial charge in [0.2, 0.25) is 5.91 Å². The number of aliphatic carboxylic acids is 1. The Bertz CT molecular complexity index is 434. The Balaban J connectivity index is 1.78. The lowest BCUT2D eigenvalue weighted by molar-refractivity contribution is -0.151. The minimum absolute atomic E-state index is 0.000556. The minimum Gasteiger partial charge on any atom is -0.481 e. The summed E-state index contributed by atoms with van der Waals surface area (Å²) in [5.74, 6) is -1.61. The largest absolute Gasteiger partial charge is 0.481 e. The molecular formula is C14H20N2O3. The standard InChI is InChI=1S/C14H20N2O3/c15-10-2-1-5-16(7-10)13(17)11-8-3-4-9(6-8)12(11)14(18)19/h3-4,8-12H,1-2,5-7,15H2,(H,18,19). The summed E-state index contributed by atoms with van der Waals surface area (Å²) in [6.07, 6.45) is 6.67. The molecule has 19 heavy (non-hydrogen) atoms. The molecular weight excluding hydrogens is 244 g/mol. The van der Waals surface area contributed by atoms with Gasteiger partial charge < -0.3 is 15.7 Å². The van der Waals surface area contributed by atoms with Gasteiger partial charge in [-0.3, -0.25) is 9.59 Å². The van der Waals surface area contributed by atoms with E-state index in [1.807, 2.05) is 12.2 Å². The smallest absolute Gasteiger partial charge is 0.307 e. The minimum atomic E-state index is -0.837. The fourth-order valence-corrected chi connectivity index (χ4v) is 3.92. The highest BCUT2D eigenvalue weighted by Crippen LogP contribution is 2.48. The Morgan fingerprint density at radius 2 is 1.89 bits per heavy atom. The molecule has 5 nitrogen and oxygen atoms in total. The van der Waals surface area contributed by atoms with Crippen molar-refractivity contribution in [2.75, 3.05) is 13.1 Å². The molecule has 104 valence electrons. The summed E-state index contributed by atoms with van der Waals surface area (Å²) in [5, 5.41) is 9.38. The highest BCUT2D eigenvalue weighted by Gasteiger charge is 2.52. The van der Waals surface area contributed by atoms with Crippen molar-refractivity contribution in [3.63, 3.8) is 0 Å². The lowest BCUT2D eigenvalue weighted by atomic mass is 9.81. The Labute approximate surface area is 112 Å². The zero-order chi connectivity index (χ0) is 13.6. The van der Waals surface area contributed by atoms with Gasteiger partial charge in [-0.2, -0.15) is 0 Å². The quantitative estimate of drug-likeness (QED) is 0.710. The first-order valence-corrected chi connectivity index (χ1v) is 7.03. The Morgan fingerprint density at radius 1 is 1.21 bits per heavy atom. The number of carbonyl (C=O) groups is 2. The predicted octanol–water partition coefficient (Wildman–Crippen LogP) is 0.459. The molecule has 1 heterocycles. The number of nitrogens with zero attached hydrogens (tertiary/aromatic N) is 1. The normalized spacial score (nSPS) is 40.7. The van der Waals surface area contributed by atoms with Gasteiger partial charge in [0, 0.05) is 19.1 Å². The van der Waals surface area contributed by atoms with Crippen LogP contribution in [0.2, 0.25) is 0 Å². The number of fused-ring (bicyclic) bond motifs is 2. The van der Waals surface area contributed by atoms with E-state index < -0.39 is 11.9 Å². The number of carboxylic acids is 1. The summed E-state index contributed by atoms with van der Waals surface area (Å²) in [6.45, 7) is 1.29. The number of piperidine rings is 1. The molecule has 5 unspecified atom stereocenters. The molecule has 0 aromatic heterocycles. The van der Waals surface area contributed by atoms with Crippen LogP contribution in [-0.2, 0) is 9.59 Å². The van der Waals surface area contributed by atoms with Crippen molar-refractivity contribution in [2.45, 2.75) is 25.3 Å². The molecule has 5 heteroatoms. The molecule has 0 spiro atoms. The molecule has 0 aromatic rings. The van der Waals surface area contributed by atoms with E-state index in [4.69, 9.17) is 5.73 Å². The Kier molecular flexibility index (Phi) is 3.09. The maximum atomic E-state index is 12.6. The molecule has 1 amide bonds. The highest BCUT2D eigenvalue weighted by molar-refractivity contribution is 5.87. The summed E-state index contributed by atoms with van der Waals surface area (Å²) >= 11 is 0. The van der Waals surface area contributed by atoms with E-state index in [1.54, 1.807) is 4.90 Å². The third-order valence-electron chi connectivity index (χ3n) is 4.80. The van der Waals surface area contributed by atoms with Gasteiger partial charge in [0.15, 0.2) is 0 Å². The molecule has 2 fully saturated rings. The van der Waals surface area contributed by atoms with Crippen molar-refractivity contribution in [1.29, 1.82) is 0 Å². The van der Waals surface area contributed by atoms with Crippen LogP contribution in [0.5, 0.6) is 0 Å². The number of amides is 1. The second kappa shape index (κ2) is 4.63. The van der Waals surface area contributed by atoms with Crippen molar-refractivity contribution >= 4 is 11.9 Å². The molecule has 3 aliphatic rings. The molecule has 2 bridgehead atoms. The molecule has 1 saturated heterocycles. The fourth-order valence-electron chi connectivity index (χ4n) is 3.92. The number of hydrogen-bond acceptors (Lipinski definition) is 3. The lowest BCUT2D eigenvalue weighted by Crippen LogP contribution is -2.50. The van der Waals surface area contributed by atoms with Crippen LogP contribution < -0.4 is 5.73 Å². The monoisotopic (exact) mass is 264 g/mol. The SMILES string of the molecule is NC1CCCN(C(=O)C2C3C=CC(C3)C2C(=O)O)C1. The molecule has 1 saturated carbocycles. The van der Waals surface area contributed by atoms with E-state index in [0.717, 1.165) is 25.8 Å². The maximum Gasteiger partial charge on any atom is 0.307 e. The van der Waals surface area contributed by atoms with Crippen LogP contribution in [0.1, 0.15) is 19.3 Å². The summed E-state index contributed by atoms with van der Waals surface area (Å²) in [4.78, 5) is 25.8. The Hall–Kier alpha value is -1.36. The second-order valence-electron chi connectivity index (χ2n) is 6.02. The molecule has 0 aromatic carbocycles. The van der Waals surface area contributed by atoms with Gasteiger partial charge in [-0.15, -0.1) is 0 Å². The topological polar surface area (TPSA) is 83.6 Å². The van der Waals surface area contributed by atoms with Gasteiger partial charge in [0.25, 0.3) is 0 Å². The van der Waals surface area contributed by atoms with Gasteiger partial charge >= 0.3 is 5.97 Å². The number of carboxylic acid groups (broad SMARTS) is 1. The summed E-state index contributed by atoms with van der Waals surface area (Å²) < 4.78 is 0. The number of carbonyl (C=O) groups excluding carboxylic acids is 1. The van der Waals surface area contributed by atoms with E-state index in [2.05, 4.69) is 0 Å². The molecule has 5 atom stereocenters. The first-order chi connectivity index (χ1) is 9.08. The number of nitrogens with two attached hydrogens (primary N) is 1. The molecule has 3 N–H and O–H groups in total. The van der Waals surface area contributed by atoms with E-state index in [0.29, 0.717) is 6.54 Å². The van der Waals surface area contributed by atoms with E-state index in [-0.39, 0.29) is 29.7 Å². The van der Waals surface area contributed by atoms with Crippen molar-refractivity contribution in [3.05, 3.63) is 12.2 Å². The fraction of sp³-hybridized carbons (Fsp3) is 0.714. The van der Waals surface area contributed by atoms with Crippen molar-refractivity contribution in [2.24, 2.45) is 29.4 Å². The Morgan fingerprint density at radius 3 is 2.53 bits per heavy atom. The zero-order valence-corrected chi connectivity index (χ0v) is 10.9. The maximum absolute atomic E-state index is 12.6. The number of likely N-dealkylation sites (tertiary alicyclic amines) is 1. The van der Waals surface area contributed by atoms with Crippen LogP contribution in [-0.4, -0.2) is 41.0 Å². The third-order valence-corrected chi connectivity index (χ3v) is 4.80. The van der Waals surface area contributed by atoms with Gasteiger partial charge in [-0.1, -0.05) is 12.2 Å². The van der Waals surface area contributed by atoms with E-state index in [1.165, 1.54) is 0 Å². The van der Waals surface area contributed by atoms with Crippen molar-refractivity contribution in [1.82, 2.24) is 4.90 Å². The van der Waals surface area contributed by atoms with Crippen LogP contribution >= 0.6 is 0 Å². The van der Waals surface area contributed by atoms with Gasteiger partial charge in [-0.25, -0.2) is 0 Å². The molecule has 0 radical (unpaired) electrons. The average Bonchev–Trinajstić information content (AvgIpc) is 2.97. The summed E-state index contributed by atoms with van der Waals surface area (Å²) in [5.41, 5.74) is 5.91. The van der Waals surface area contributed by atoms with Crippen molar-refractivity contribution < 1.29 is 14.7 Å². The van der Waals surface area contributed by atoms with Crippen LogP contribution in [0.15, 0.2) is 12.2 Å². The highest BCUT2D eigenvalue weighted by atomic mass is 16.4. The zero-order valence-electron chi connectivity index (χ0n) is 10.9. The summed E-state index contributed by atoms with van der Waals surface area (Å²) in [7, 11) is 0. The van der Waals surface area contributed by atoms with Crippen LogP contribution in [0.4, 0.5) is 0 Å². The van der Waals surface area contributed by atoms with Gasteiger partial charge in [-0.05, 0) is 31.1 Å². The average molecular weight is 264 g/mol. The summed E-state index contributed by atoms with van der Waals surface area (Å²) in [6, 6.07) is 0.0371. The molecule has 1 aliphatic heterocycles. The predicted molar refractivity (Wildman–Crippen MR) is 69.1 cm³/mol.